The molecule has 4 saturated heterocycles. The Bertz CT molecular complexity index is 1240. The molecule has 4 aliphatic heterocycles. The molecule has 2 aromatic rings. The molecule has 2 aromatic carbocycles. The smallest absolute Gasteiger partial charge is 0.264 e. The average Bonchev–Trinajstić information content (AvgIpc) is 3.67. The molecule has 0 saturated carbocycles. The van der Waals surface area contributed by atoms with Gasteiger partial charge in [-0.1, -0.05) is 60.7 Å². The van der Waals surface area contributed by atoms with Gasteiger partial charge in [0.05, 0.1) is 56.6 Å². The molecule has 2 amide bonds. The second kappa shape index (κ2) is 11.1. The predicted octanol–water partition coefficient (Wildman–Crippen LogP) is 1.83. The van der Waals surface area contributed by atoms with Gasteiger partial charge in [-0.3, -0.25) is 13.8 Å². The first kappa shape index (κ1) is 26.8. The largest absolute Gasteiger partial charge is 0.396 e. The molecule has 0 aliphatic carbocycles. The molecule has 6 rings (SSSR count). The summed E-state index contributed by atoms with van der Waals surface area (Å²) in [5.41, 5.74) is 1.93. The van der Waals surface area contributed by atoms with Crippen LogP contribution in [0.2, 0.25) is 0 Å². The lowest BCUT2D eigenvalue weighted by Gasteiger charge is -2.23. The Morgan fingerprint density at radius 2 is 1.26 bits per heavy atom. The number of benzene rings is 2. The Balaban J connectivity index is 0.000000158. The maximum absolute atomic E-state index is 12.5. The van der Waals surface area contributed by atoms with E-state index in [0.29, 0.717) is 26.1 Å². The molecule has 0 radical (unpaired) electrons. The topological polar surface area (TPSA) is 123 Å². The molecule has 6 atom stereocenters. The van der Waals surface area contributed by atoms with E-state index in [2.05, 4.69) is 0 Å². The lowest BCUT2D eigenvalue weighted by Crippen LogP contribution is -2.33. The summed E-state index contributed by atoms with van der Waals surface area (Å²) in [6, 6.07) is 19.4. The highest BCUT2D eigenvalue weighted by molar-refractivity contribution is 7.85. The molecule has 204 valence electrons. The normalized spacial score (nSPS) is 30.3. The summed E-state index contributed by atoms with van der Waals surface area (Å²) in [4.78, 5) is 28.0. The van der Waals surface area contributed by atoms with Gasteiger partial charge in [-0.05, 0) is 12.8 Å². The lowest BCUT2D eigenvalue weighted by atomic mass is 10.1. The summed E-state index contributed by atoms with van der Waals surface area (Å²) in [6.45, 7) is 0.891. The van der Waals surface area contributed by atoms with E-state index in [9.17, 15) is 18.0 Å². The first-order valence-electron chi connectivity index (χ1n) is 12.7. The SMILES string of the molecule is CS(=O)(=O)OCC1CC2CO[C@H](c3ccccc3)N2C1=O.O=C1C(CO)CC2CO[C@H](c3ccccc3)N12. The number of carbonyl (C=O) groups excluding carboxylic acids is 2. The zero-order chi connectivity index (χ0) is 26.9. The van der Waals surface area contributed by atoms with E-state index in [1.165, 1.54) is 0 Å². The minimum Gasteiger partial charge on any atom is -0.396 e. The Hall–Kier alpha value is -2.83. The minimum absolute atomic E-state index is 0.00383. The quantitative estimate of drug-likeness (QED) is 0.547. The Kier molecular flexibility index (Phi) is 7.83. The van der Waals surface area contributed by atoms with Crippen LogP contribution >= 0.6 is 0 Å². The van der Waals surface area contributed by atoms with E-state index < -0.39 is 16.0 Å². The molecule has 4 aliphatic rings. The minimum atomic E-state index is -3.53. The molecule has 11 heteroatoms. The van der Waals surface area contributed by atoms with E-state index >= 15 is 0 Å². The van der Waals surface area contributed by atoms with Crippen molar-refractivity contribution in [2.75, 3.05) is 32.7 Å². The number of aliphatic hydroxyl groups excluding tert-OH is 1. The van der Waals surface area contributed by atoms with Crippen LogP contribution in [0.5, 0.6) is 0 Å². The van der Waals surface area contributed by atoms with Crippen molar-refractivity contribution in [3.8, 4) is 0 Å². The summed E-state index contributed by atoms with van der Waals surface area (Å²) in [5.74, 6) is -0.742. The maximum Gasteiger partial charge on any atom is 0.264 e. The highest BCUT2D eigenvalue weighted by Crippen LogP contribution is 2.40. The maximum atomic E-state index is 12.5. The standard InChI is InChI=1S/C14H17NO5S.C13H15NO3/c1-21(17,18)20-8-11-7-12-9-19-14(15(12)13(11)16)10-5-3-2-4-6-10;15-7-10-6-11-8-17-13(14(11)12(10)16)9-4-2-1-3-5-9/h2-6,11-12,14H,7-9H2,1H3;1-5,10-11,13,15H,6-8H2/t11?,12?,14-;10?,11?,13-/m11/s1. The summed E-state index contributed by atoms with van der Waals surface area (Å²) in [7, 11) is -3.53. The molecule has 1 N–H and O–H groups in total. The van der Waals surface area contributed by atoms with E-state index in [0.717, 1.165) is 17.4 Å². The zero-order valence-electron chi connectivity index (χ0n) is 21.1. The van der Waals surface area contributed by atoms with Crippen molar-refractivity contribution in [3.05, 3.63) is 71.8 Å². The molecule has 0 aromatic heterocycles. The van der Waals surface area contributed by atoms with Crippen molar-refractivity contribution in [1.82, 2.24) is 9.80 Å². The van der Waals surface area contributed by atoms with Gasteiger partial charge >= 0.3 is 0 Å². The van der Waals surface area contributed by atoms with Crippen molar-refractivity contribution in [1.29, 1.82) is 0 Å². The van der Waals surface area contributed by atoms with E-state index in [1.807, 2.05) is 60.7 Å². The number of carbonyl (C=O) groups is 2. The Labute approximate surface area is 222 Å². The number of fused-ring (bicyclic) bond motifs is 2. The van der Waals surface area contributed by atoms with Crippen LogP contribution in [0.25, 0.3) is 0 Å². The number of hydrogen-bond donors (Lipinski definition) is 1. The fourth-order valence-corrected chi connectivity index (χ4v) is 6.00. The second-order valence-electron chi connectivity index (χ2n) is 10.0. The van der Waals surface area contributed by atoms with Gasteiger partial charge < -0.3 is 24.4 Å². The molecule has 4 unspecified atom stereocenters. The van der Waals surface area contributed by atoms with Gasteiger partial charge in [-0.15, -0.1) is 0 Å². The monoisotopic (exact) mass is 544 g/mol. The van der Waals surface area contributed by atoms with Crippen LogP contribution in [0.4, 0.5) is 0 Å². The van der Waals surface area contributed by atoms with E-state index in [1.54, 1.807) is 9.80 Å². The number of ether oxygens (including phenoxy) is 2. The summed E-state index contributed by atoms with van der Waals surface area (Å²) < 4.78 is 38.3. The van der Waals surface area contributed by atoms with Crippen LogP contribution in [0.3, 0.4) is 0 Å². The zero-order valence-corrected chi connectivity index (χ0v) is 21.9. The van der Waals surface area contributed by atoms with Crippen LogP contribution in [0, 0.1) is 11.8 Å². The fourth-order valence-electron chi connectivity index (χ4n) is 5.59. The first-order valence-corrected chi connectivity index (χ1v) is 14.5. The highest BCUT2D eigenvalue weighted by atomic mass is 32.2. The van der Waals surface area contributed by atoms with Gasteiger partial charge in [0.1, 0.15) is 0 Å². The number of rotatable bonds is 6. The molecule has 0 spiro atoms. The Morgan fingerprint density at radius 3 is 1.71 bits per heavy atom. The van der Waals surface area contributed by atoms with Crippen LogP contribution in [0.1, 0.15) is 36.4 Å². The third-order valence-electron chi connectivity index (χ3n) is 7.38. The number of nitrogens with zero attached hydrogens (tertiary/aromatic N) is 2. The van der Waals surface area contributed by atoms with E-state index in [-0.39, 0.29) is 55.5 Å². The van der Waals surface area contributed by atoms with Gasteiger partial charge in [0.2, 0.25) is 11.8 Å². The summed E-state index contributed by atoms with van der Waals surface area (Å²) in [6.07, 6.45) is 1.61. The molecule has 4 fully saturated rings. The first-order chi connectivity index (χ1) is 18.3. The van der Waals surface area contributed by atoms with Crippen molar-refractivity contribution >= 4 is 21.9 Å². The van der Waals surface area contributed by atoms with Crippen LogP contribution in [-0.2, 0) is 33.4 Å². The molecular formula is C27H32N2O8S. The number of aliphatic hydroxyl groups is 1. The van der Waals surface area contributed by atoms with Crippen LogP contribution < -0.4 is 0 Å². The molecule has 38 heavy (non-hydrogen) atoms. The van der Waals surface area contributed by atoms with Crippen molar-refractivity contribution in [2.45, 2.75) is 37.4 Å². The molecular weight excluding hydrogens is 512 g/mol. The van der Waals surface area contributed by atoms with Crippen LogP contribution in [0.15, 0.2) is 60.7 Å². The van der Waals surface area contributed by atoms with Crippen molar-refractivity contribution in [2.24, 2.45) is 11.8 Å². The van der Waals surface area contributed by atoms with Gasteiger partial charge in [0, 0.05) is 11.1 Å². The van der Waals surface area contributed by atoms with Gasteiger partial charge in [-0.25, -0.2) is 0 Å². The second-order valence-corrected chi connectivity index (χ2v) is 11.7. The average molecular weight is 545 g/mol. The third kappa shape index (κ3) is 5.48. The number of hydrogen-bond acceptors (Lipinski definition) is 8. The summed E-state index contributed by atoms with van der Waals surface area (Å²) in [5, 5.41) is 9.16. The Morgan fingerprint density at radius 1 is 0.816 bits per heavy atom. The van der Waals surface area contributed by atoms with Gasteiger partial charge in [-0.2, -0.15) is 8.42 Å². The lowest BCUT2D eigenvalue weighted by molar-refractivity contribution is -0.139. The van der Waals surface area contributed by atoms with Gasteiger partial charge in [0.25, 0.3) is 10.1 Å². The molecule has 0 bridgehead atoms. The molecule has 4 heterocycles. The van der Waals surface area contributed by atoms with Crippen molar-refractivity contribution < 1.29 is 36.8 Å². The van der Waals surface area contributed by atoms with Gasteiger partial charge in [0.15, 0.2) is 12.5 Å². The highest BCUT2D eigenvalue weighted by Gasteiger charge is 2.49. The van der Waals surface area contributed by atoms with Crippen LogP contribution in [-0.4, -0.2) is 79.9 Å². The van der Waals surface area contributed by atoms with Crippen molar-refractivity contribution in [3.63, 3.8) is 0 Å². The summed E-state index contributed by atoms with van der Waals surface area (Å²) >= 11 is 0. The predicted molar refractivity (Wildman–Crippen MR) is 136 cm³/mol. The van der Waals surface area contributed by atoms with E-state index in [4.69, 9.17) is 18.8 Å². The molecule has 10 nitrogen and oxygen atoms in total. The fraction of sp³-hybridized carbons (Fsp3) is 0.481. The third-order valence-corrected chi connectivity index (χ3v) is 7.94. The number of amides is 2.